The van der Waals surface area contributed by atoms with Gasteiger partial charge < -0.3 is 15.4 Å². The molecule has 2 N–H and O–H groups in total. The highest BCUT2D eigenvalue weighted by atomic mass is 127. The van der Waals surface area contributed by atoms with Gasteiger partial charge >= 0.3 is 0 Å². The maximum absolute atomic E-state index is 5.81. The first kappa shape index (κ1) is 26.2. The summed E-state index contributed by atoms with van der Waals surface area (Å²) in [7, 11) is 1.79. The quantitative estimate of drug-likeness (QED) is 0.278. The molecule has 0 spiro atoms. The van der Waals surface area contributed by atoms with Crippen molar-refractivity contribution < 1.29 is 4.74 Å². The highest BCUT2D eigenvalue weighted by molar-refractivity contribution is 14.0. The third-order valence-corrected chi connectivity index (χ3v) is 4.70. The van der Waals surface area contributed by atoms with E-state index < -0.39 is 0 Å². The van der Waals surface area contributed by atoms with Crippen LogP contribution in [0.3, 0.4) is 0 Å². The molecule has 1 aromatic carbocycles. The van der Waals surface area contributed by atoms with E-state index in [9.17, 15) is 0 Å². The van der Waals surface area contributed by atoms with Crippen LogP contribution in [0.1, 0.15) is 38.8 Å². The van der Waals surface area contributed by atoms with E-state index in [0.717, 1.165) is 30.2 Å². The average molecular weight is 525 g/mol. The molecule has 0 unspecified atom stereocenters. The minimum absolute atomic E-state index is 0. The van der Waals surface area contributed by atoms with E-state index in [-0.39, 0.29) is 24.0 Å². The summed E-state index contributed by atoms with van der Waals surface area (Å²) in [5.74, 6) is 1.42. The number of halogens is 1. The third kappa shape index (κ3) is 9.30. The maximum Gasteiger partial charge on any atom is 0.213 e. The fourth-order valence-electron chi connectivity index (χ4n) is 3.19. The number of benzene rings is 1. The zero-order chi connectivity index (χ0) is 21.1. The number of nitrogens with zero attached hydrogens (tertiary/aromatic N) is 3. The van der Waals surface area contributed by atoms with Gasteiger partial charge in [-0.3, -0.25) is 9.89 Å². The topological polar surface area (TPSA) is 61.8 Å². The third-order valence-electron chi connectivity index (χ3n) is 4.70. The Bertz CT molecular complexity index is 744. The summed E-state index contributed by atoms with van der Waals surface area (Å²) in [5.41, 5.74) is 2.22. The summed E-state index contributed by atoms with van der Waals surface area (Å²) in [5, 5.41) is 6.75. The van der Waals surface area contributed by atoms with Crippen LogP contribution < -0.4 is 15.4 Å². The smallest absolute Gasteiger partial charge is 0.213 e. The SMILES string of the molecule is CN=C(NCCN(C(C)C)C(C)C)NCc1ccnc(OCc2ccccc2)c1.I. The van der Waals surface area contributed by atoms with E-state index in [4.69, 9.17) is 4.74 Å². The molecule has 2 rings (SSSR count). The first-order valence-corrected chi connectivity index (χ1v) is 10.3. The summed E-state index contributed by atoms with van der Waals surface area (Å²) in [4.78, 5) is 11.1. The lowest BCUT2D eigenvalue weighted by atomic mass is 10.2. The number of ether oxygens (including phenoxy) is 1. The minimum atomic E-state index is 0. The number of aromatic nitrogens is 1. The zero-order valence-corrected chi connectivity index (χ0v) is 21.1. The fraction of sp³-hybridized carbons (Fsp3) is 0.478. The monoisotopic (exact) mass is 525 g/mol. The molecule has 7 heteroatoms. The molecule has 0 aliphatic rings. The lowest BCUT2D eigenvalue weighted by molar-refractivity contribution is 0.178. The highest BCUT2D eigenvalue weighted by Gasteiger charge is 2.12. The van der Waals surface area contributed by atoms with E-state index in [1.165, 1.54) is 0 Å². The Morgan fingerprint density at radius 2 is 1.73 bits per heavy atom. The van der Waals surface area contributed by atoms with Gasteiger partial charge in [0.2, 0.25) is 5.88 Å². The van der Waals surface area contributed by atoms with Gasteiger partial charge in [-0.25, -0.2) is 4.98 Å². The molecule has 2 aromatic rings. The van der Waals surface area contributed by atoms with E-state index in [1.54, 1.807) is 13.2 Å². The Morgan fingerprint density at radius 3 is 2.37 bits per heavy atom. The predicted octanol–water partition coefficient (Wildman–Crippen LogP) is 4.06. The van der Waals surface area contributed by atoms with Crippen molar-refractivity contribution in [2.24, 2.45) is 4.99 Å². The summed E-state index contributed by atoms with van der Waals surface area (Å²) < 4.78 is 5.81. The molecule has 1 aromatic heterocycles. The predicted molar refractivity (Wildman–Crippen MR) is 136 cm³/mol. The van der Waals surface area contributed by atoms with Crippen LogP contribution in [0.25, 0.3) is 0 Å². The number of hydrogen-bond acceptors (Lipinski definition) is 4. The van der Waals surface area contributed by atoms with Gasteiger partial charge in [0.05, 0.1) is 0 Å². The second-order valence-corrected chi connectivity index (χ2v) is 7.55. The van der Waals surface area contributed by atoms with Crippen molar-refractivity contribution in [2.75, 3.05) is 20.1 Å². The molecule has 6 nitrogen and oxygen atoms in total. The minimum Gasteiger partial charge on any atom is -0.473 e. The van der Waals surface area contributed by atoms with Crippen LogP contribution in [-0.2, 0) is 13.2 Å². The van der Waals surface area contributed by atoms with Crippen LogP contribution in [0.4, 0.5) is 0 Å². The average Bonchev–Trinajstić information content (AvgIpc) is 2.72. The van der Waals surface area contributed by atoms with Crippen molar-refractivity contribution >= 4 is 29.9 Å². The Morgan fingerprint density at radius 1 is 1.03 bits per heavy atom. The van der Waals surface area contributed by atoms with Crippen molar-refractivity contribution in [3.63, 3.8) is 0 Å². The Hall–Kier alpha value is -1.87. The molecular weight excluding hydrogens is 489 g/mol. The molecule has 0 aliphatic carbocycles. The van der Waals surface area contributed by atoms with Crippen LogP contribution in [0.15, 0.2) is 53.7 Å². The van der Waals surface area contributed by atoms with Gasteiger partial charge in [-0.2, -0.15) is 0 Å². The molecule has 0 amide bonds. The molecule has 1 heterocycles. The summed E-state index contributed by atoms with van der Waals surface area (Å²) in [6.45, 7) is 11.9. The highest BCUT2D eigenvalue weighted by Crippen LogP contribution is 2.11. The van der Waals surface area contributed by atoms with E-state index in [0.29, 0.717) is 31.1 Å². The van der Waals surface area contributed by atoms with Crippen molar-refractivity contribution in [1.82, 2.24) is 20.5 Å². The van der Waals surface area contributed by atoms with Gasteiger partial charge in [0.15, 0.2) is 5.96 Å². The molecule has 0 aliphatic heterocycles. The number of pyridine rings is 1. The second kappa shape index (κ2) is 14.2. The lowest BCUT2D eigenvalue weighted by Crippen LogP contribution is -2.45. The largest absolute Gasteiger partial charge is 0.473 e. The molecular formula is C23H36IN5O. The number of nitrogens with one attached hydrogen (secondary N) is 2. The number of hydrogen-bond donors (Lipinski definition) is 2. The molecule has 0 atom stereocenters. The summed E-state index contributed by atoms with van der Waals surface area (Å²) in [6.07, 6.45) is 1.77. The Balaban J connectivity index is 0.00000450. The van der Waals surface area contributed by atoms with E-state index in [1.807, 2.05) is 42.5 Å². The number of aliphatic imine (C=N–C) groups is 1. The molecule has 166 valence electrons. The van der Waals surface area contributed by atoms with Crippen LogP contribution >= 0.6 is 24.0 Å². The molecule has 0 saturated heterocycles. The molecule has 0 radical (unpaired) electrons. The van der Waals surface area contributed by atoms with Gasteiger partial charge in [-0.15, -0.1) is 24.0 Å². The Labute approximate surface area is 198 Å². The van der Waals surface area contributed by atoms with Crippen LogP contribution in [0.2, 0.25) is 0 Å². The summed E-state index contributed by atoms with van der Waals surface area (Å²) in [6, 6.07) is 15.1. The summed E-state index contributed by atoms with van der Waals surface area (Å²) >= 11 is 0. The van der Waals surface area contributed by atoms with E-state index >= 15 is 0 Å². The fourth-order valence-corrected chi connectivity index (χ4v) is 3.19. The zero-order valence-electron chi connectivity index (χ0n) is 18.8. The number of guanidine groups is 1. The first-order valence-electron chi connectivity index (χ1n) is 10.3. The van der Waals surface area contributed by atoms with Crippen LogP contribution in [0.5, 0.6) is 5.88 Å². The second-order valence-electron chi connectivity index (χ2n) is 7.55. The van der Waals surface area contributed by atoms with Crippen molar-refractivity contribution in [2.45, 2.75) is 52.9 Å². The number of rotatable bonds is 10. The van der Waals surface area contributed by atoms with Crippen LogP contribution in [0, 0.1) is 0 Å². The van der Waals surface area contributed by atoms with Gasteiger partial charge in [-0.05, 0) is 44.9 Å². The lowest BCUT2D eigenvalue weighted by Gasteiger charge is -2.30. The van der Waals surface area contributed by atoms with Crippen molar-refractivity contribution in [1.29, 1.82) is 0 Å². The van der Waals surface area contributed by atoms with Gasteiger partial charge in [-0.1, -0.05) is 30.3 Å². The van der Waals surface area contributed by atoms with Crippen molar-refractivity contribution in [3.8, 4) is 5.88 Å². The van der Waals surface area contributed by atoms with Gasteiger partial charge in [0.25, 0.3) is 0 Å². The van der Waals surface area contributed by atoms with Crippen LogP contribution in [-0.4, -0.2) is 48.1 Å². The van der Waals surface area contributed by atoms with Crippen molar-refractivity contribution in [3.05, 3.63) is 59.8 Å². The standard InChI is InChI=1S/C23H35N5O.HI/c1-18(2)28(19(3)4)14-13-26-23(24-5)27-16-21-11-12-25-22(15-21)29-17-20-9-7-6-8-10-20;/h6-12,15,18-19H,13-14,16-17H2,1-5H3,(H2,24,26,27);1H. The molecule has 0 saturated carbocycles. The molecule has 30 heavy (non-hydrogen) atoms. The molecule has 0 bridgehead atoms. The first-order chi connectivity index (χ1) is 14.0. The Kier molecular flexibility index (Phi) is 12.4. The van der Waals surface area contributed by atoms with Gasteiger partial charge in [0, 0.05) is 51.0 Å². The normalized spacial score (nSPS) is 11.5. The molecule has 0 fully saturated rings. The van der Waals surface area contributed by atoms with E-state index in [2.05, 4.69) is 53.2 Å². The maximum atomic E-state index is 5.81. The van der Waals surface area contributed by atoms with Gasteiger partial charge in [0.1, 0.15) is 6.61 Å².